The van der Waals surface area contributed by atoms with Crippen LogP contribution in [-0.2, 0) is 9.59 Å². The van der Waals surface area contributed by atoms with Gasteiger partial charge in [-0.3, -0.25) is 19.3 Å². The van der Waals surface area contributed by atoms with Gasteiger partial charge in [-0.15, -0.1) is 0 Å². The maximum atomic E-state index is 12.4. The van der Waals surface area contributed by atoms with Crippen molar-refractivity contribution in [3.05, 3.63) is 23.8 Å². The smallest absolute Gasteiger partial charge is 0.307 e. The summed E-state index contributed by atoms with van der Waals surface area (Å²) >= 11 is 0. The molecule has 2 N–H and O–H groups in total. The van der Waals surface area contributed by atoms with E-state index in [4.69, 9.17) is 9.84 Å². The summed E-state index contributed by atoms with van der Waals surface area (Å²) in [6.07, 6.45) is 1.43. The first kappa shape index (κ1) is 15.5. The summed E-state index contributed by atoms with van der Waals surface area (Å²) in [7, 11) is 0. The van der Waals surface area contributed by atoms with Crippen molar-refractivity contribution in [2.24, 2.45) is 5.92 Å². The Kier molecular flexibility index (Phi) is 4.29. The van der Waals surface area contributed by atoms with Crippen LogP contribution >= 0.6 is 0 Å². The van der Waals surface area contributed by atoms with E-state index in [1.807, 2.05) is 4.90 Å². The van der Waals surface area contributed by atoms with Gasteiger partial charge in [-0.1, -0.05) is 0 Å². The lowest BCUT2D eigenvalue weighted by atomic mass is 9.97. The maximum Gasteiger partial charge on any atom is 0.307 e. The van der Waals surface area contributed by atoms with Crippen LogP contribution in [0, 0.1) is 5.92 Å². The minimum Gasteiger partial charge on any atom is -0.482 e. The fourth-order valence-corrected chi connectivity index (χ4v) is 2.95. The largest absolute Gasteiger partial charge is 0.482 e. The van der Waals surface area contributed by atoms with E-state index in [-0.39, 0.29) is 24.8 Å². The van der Waals surface area contributed by atoms with Crippen molar-refractivity contribution in [2.75, 3.05) is 31.6 Å². The van der Waals surface area contributed by atoms with Crippen LogP contribution in [0.2, 0.25) is 0 Å². The Morgan fingerprint density at radius 1 is 1.39 bits per heavy atom. The highest BCUT2D eigenvalue weighted by Gasteiger charge is 2.27. The number of nitrogens with zero attached hydrogens (tertiary/aromatic N) is 1. The quantitative estimate of drug-likeness (QED) is 0.804. The number of carbonyl (C=O) groups excluding carboxylic acids is 2. The minimum absolute atomic E-state index is 0.0232. The lowest BCUT2D eigenvalue weighted by molar-refractivity contribution is -0.143. The predicted molar refractivity (Wildman–Crippen MR) is 81.7 cm³/mol. The Balaban J connectivity index is 1.67. The van der Waals surface area contributed by atoms with E-state index in [1.54, 1.807) is 18.2 Å². The van der Waals surface area contributed by atoms with E-state index >= 15 is 0 Å². The zero-order chi connectivity index (χ0) is 16.4. The summed E-state index contributed by atoms with van der Waals surface area (Å²) in [4.78, 5) is 36.7. The van der Waals surface area contributed by atoms with E-state index in [0.717, 1.165) is 13.0 Å². The normalized spacial score (nSPS) is 21.0. The van der Waals surface area contributed by atoms with E-state index in [1.165, 1.54) is 0 Å². The van der Waals surface area contributed by atoms with Crippen molar-refractivity contribution in [1.29, 1.82) is 0 Å². The topological polar surface area (TPSA) is 95.9 Å². The number of aliphatic carboxylic acids is 1. The van der Waals surface area contributed by atoms with Crippen molar-refractivity contribution >= 4 is 23.3 Å². The number of amides is 1. The first-order chi connectivity index (χ1) is 11.0. The van der Waals surface area contributed by atoms with Crippen molar-refractivity contribution in [2.45, 2.75) is 12.8 Å². The van der Waals surface area contributed by atoms with Crippen LogP contribution in [0.25, 0.3) is 0 Å². The first-order valence-corrected chi connectivity index (χ1v) is 7.58. The first-order valence-electron chi connectivity index (χ1n) is 7.58. The molecule has 0 radical (unpaired) electrons. The fourth-order valence-electron chi connectivity index (χ4n) is 2.95. The molecule has 1 aromatic rings. The Morgan fingerprint density at radius 3 is 3.00 bits per heavy atom. The van der Waals surface area contributed by atoms with Crippen LogP contribution in [-0.4, -0.2) is 53.9 Å². The molecule has 2 heterocycles. The Hall–Kier alpha value is -2.41. The number of hydrogen-bond acceptors (Lipinski definition) is 5. The number of carbonyl (C=O) groups is 3. The van der Waals surface area contributed by atoms with Gasteiger partial charge < -0.3 is 15.2 Å². The number of carboxylic acids is 1. The van der Waals surface area contributed by atoms with Crippen LogP contribution in [0.3, 0.4) is 0 Å². The molecular formula is C16H18N2O5. The number of likely N-dealkylation sites (tertiary alicyclic amines) is 1. The molecular weight excluding hydrogens is 300 g/mol. The second kappa shape index (κ2) is 6.37. The van der Waals surface area contributed by atoms with E-state index in [0.29, 0.717) is 30.0 Å². The van der Waals surface area contributed by atoms with Crippen molar-refractivity contribution < 1.29 is 24.2 Å². The van der Waals surface area contributed by atoms with Gasteiger partial charge in [0.1, 0.15) is 5.75 Å². The lowest BCUT2D eigenvalue weighted by Gasteiger charge is -2.30. The van der Waals surface area contributed by atoms with Gasteiger partial charge >= 0.3 is 5.97 Å². The standard InChI is InChI=1S/C16H18N2O5/c19-13(8-18-5-1-2-11(7-18)16(21)22)10-3-4-14-12(6-10)17-15(20)9-23-14/h3-4,6,11H,1-2,5,7-9H2,(H,17,20)(H,21,22). The van der Waals surface area contributed by atoms with E-state index < -0.39 is 11.9 Å². The van der Waals surface area contributed by atoms with Crippen LogP contribution in [0.15, 0.2) is 18.2 Å². The molecule has 1 saturated heterocycles. The number of anilines is 1. The second-order valence-electron chi connectivity index (χ2n) is 5.88. The minimum atomic E-state index is -0.809. The predicted octanol–water partition coefficient (Wildman–Crippen LogP) is 0.997. The molecule has 0 bridgehead atoms. The fraction of sp³-hybridized carbons (Fsp3) is 0.438. The van der Waals surface area contributed by atoms with Crippen LogP contribution in [0.4, 0.5) is 5.69 Å². The summed E-state index contributed by atoms with van der Waals surface area (Å²) < 4.78 is 5.26. The molecule has 2 aliphatic rings. The number of piperidine rings is 1. The van der Waals surface area contributed by atoms with E-state index in [2.05, 4.69) is 5.32 Å². The van der Waals surface area contributed by atoms with Gasteiger partial charge in [-0.05, 0) is 37.6 Å². The molecule has 1 fully saturated rings. The number of nitrogens with one attached hydrogen (secondary N) is 1. The van der Waals surface area contributed by atoms with Gasteiger partial charge in [0.2, 0.25) is 0 Å². The lowest BCUT2D eigenvalue weighted by Crippen LogP contribution is -2.41. The summed E-state index contributed by atoms with van der Waals surface area (Å²) in [6, 6.07) is 4.93. The number of ether oxygens (including phenoxy) is 1. The number of hydrogen-bond donors (Lipinski definition) is 2. The molecule has 23 heavy (non-hydrogen) atoms. The number of rotatable bonds is 4. The molecule has 3 rings (SSSR count). The zero-order valence-electron chi connectivity index (χ0n) is 12.6. The number of Topliss-reactive ketones (excluding diaryl/α,β-unsaturated/α-hetero) is 1. The van der Waals surface area contributed by atoms with Crippen molar-refractivity contribution in [3.63, 3.8) is 0 Å². The average molecular weight is 318 g/mol. The second-order valence-corrected chi connectivity index (χ2v) is 5.88. The molecule has 1 amide bonds. The number of ketones is 1. The summed E-state index contributed by atoms with van der Waals surface area (Å²) in [6.45, 7) is 1.27. The average Bonchev–Trinajstić information content (AvgIpc) is 2.54. The molecule has 1 unspecified atom stereocenters. The molecule has 1 atom stereocenters. The van der Waals surface area contributed by atoms with Crippen LogP contribution in [0.5, 0.6) is 5.75 Å². The van der Waals surface area contributed by atoms with Crippen molar-refractivity contribution in [3.8, 4) is 5.75 Å². The Bertz CT molecular complexity index is 658. The van der Waals surface area contributed by atoms with Gasteiger partial charge in [0.15, 0.2) is 12.4 Å². The van der Waals surface area contributed by atoms with E-state index in [9.17, 15) is 14.4 Å². The highest BCUT2D eigenvalue weighted by molar-refractivity contribution is 6.01. The molecule has 2 aliphatic heterocycles. The molecule has 0 aromatic heterocycles. The molecule has 0 saturated carbocycles. The molecule has 0 spiro atoms. The summed E-state index contributed by atoms with van der Waals surface area (Å²) in [5, 5.41) is 11.8. The van der Waals surface area contributed by atoms with Gasteiger partial charge in [-0.25, -0.2) is 0 Å². The number of benzene rings is 1. The van der Waals surface area contributed by atoms with Gasteiger partial charge in [0.05, 0.1) is 18.2 Å². The third-order valence-electron chi connectivity index (χ3n) is 4.16. The molecule has 7 heteroatoms. The summed E-state index contributed by atoms with van der Waals surface area (Å²) in [5.41, 5.74) is 0.973. The van der Waals surface area contributed by atoms with Gasteiger partial charge in [0.25, 0.3) is 5.91 Å². The third-order valence-corrected chi connectivity index (χ3v) is 4.16. The Morgan fingerprint density at radius 2 is 2.22 bits per heavy atom. The van der Waals surface area contributed by atoms with Crippen LogP contribution in [0.1, 0.15) is 23.2 Å². The number of fused-ring (bicyclic) bond motifs is 1. The SMILES string of the molecule is O=C1COc2ccc(C(=O)CN3CCCC(C(=O)O)C3)cc2N1. The number of carboxylic acid groups (broad SMARTS) is 1. The van der Waals surface area contributed by atoms with Crippen LogP contribution < -0.4 is 10.1 Å². The molecule has 1 aromatic carbocycles. The molecule has 7 nitrogen and oxygen atoms in total. The molecule has 122 valence electrons. The Labute approximate surface area is 133 Å². The highest BCUT2D eigenvalue weighted by atomic mass is 16.5. The summed E-state index contributed by atoms with van der Waals surface area (Å²) in [5.74, 6) is -1.02. The van der Waals surface area contributed by atoms with Gasteiger partial charge in [-0.2, -0.15) is 0 Å². The molecule has 0 aliphatic carbocycles. The zero-order valence-corrected chi connectivity index (χ0v) is 12.6. The maximum absolute atomic E-state index is 12.4. The van der Waals surface area contributed by atoms with Gasteiger partial charge in [0, 0.05) is 12.1 Å². The third kappa shape index (κ3) is 3.50. The van der Waals surface area contributed by atoms with Crippen molar-refractivity contribution in [1.82, 2.24) is 4.90 Å². The monoisotopic (exact) mass is 318 g/mol. The highest BCUT2D eigenvalue weighted by Crippen LogP contribution is 2.28.